The van der Waals surface area contributed by atoms with Gasteiger partial charge in [0.25, 0.3) is 0 Å². The van der Waals surface area contributed by atoms with E-state index in [1.165, 1.54) is 6.07 Å². The lowest BCUT2D eigenvalue weighted by Gasteiger charge is -2.12. The average Bonchev–Trinajstić information content (AvgIpc) is 2.03. The van der Waals surface area contributed by atoms with E-state index in [9.17, 15) is 4.39 Å². The molecule has 4 N–H and O–H groups in total. The zero-order valence-electron chi connectivity index (χ0n) is 7.05. The molecule has 3 heteroatoms. The van der Waals surface area contributed by atoms with Gasteiger partial charge in [-0.3, -0.25) is 0 Å². The third-order valence-electron chi connectivity index (χ3n) is 1.90. The van der Waals surface area contributed by atoms with Crippen molar-refractivity contribution in [1.29, 1.82) is 0 Å². The van der Waals surface area contributed by atoms with Gasteiger partial charge in [0, 0.05) is 17.3 Å². The van der Waals surface area contributed by atoms with Crippen LogP contribution in [0.2, 0.25) is 0 Å². The van der Waals surface area contributed by atoms with Gasteiger partial charge >= 0.3 is 0 Å². The van der Waals surface area contributed by atoms with Crippen LogP contribution in [0, 0.1) is 5.82 Å². The van der Waals surface area contributed by atoms with Gasteiger partial charge in [-0.25, -0.2) is 4.39 Å². The van der Waals surface area contributed by atoms with Gasteiger partial charge in [0.1, 0.15) is 5.82 Å². The summed E-state index contributed by atoms with van der Waals surface area (Å²) in [5.74, 6) is -0.315. The SMILES string of the molecule is CCC(N)c1c(N)cccc1F. The molecule has 1 aromatic rings. The molecule has 0 saturated carbocycles. The lowest BCUT2D eigenvalue weighted by Crippen LogP contribution is -2.13. The third-order valence-corrected chi connectivity index (χ3v) is 1.90. The second-order valence-corrected chi connectivity index (χ2v) is 2.76. The monoisotopic (exact) mass is 168 g/mol. The Bertz CT molecular complexity index is 253. The largest absolute Gasteiger partial charge is 0.398 e. The van der Waals surface area contributed by atoms with Crippen molar-refractivity contribution in [1.82, 2.24) is 0 Å². The second-order valence-electron chi connectivity index (χ2n) is 2.76. The molecule has 0 aliphatic rings. The first-order valence-electron chi connectivity index (χ1n) is 3.96. The normalized spacial score (nSPS) is 12.9. The fourth-order valence-corrected chi connectivity index (χ4v) is 1.15. The van der Waals surface area contributed by atoms with Crippen LogP contribution in [0.15, 0.2) is 18.2 Å². The molecule has 0 radical (unpaired) electrons. The van der Waals surface area contributed by atoms with Gasteiger partial charge in [-0.1, -0.05) is 13.0 Å². The van der Waals surface area contributed by atoms with Crippen molar-refractivity contribution in [3.63, 3.8) is 0 Å². The van der Waals surface area contributed by atoms with Crippen molar-refractivity contribution in [2.24, 2.45) is 5.73 Å². The van der Waals surface area contributed by atoms with Crippen LogP contribution in [-0.4, -0.2) is 0 Å². The Morgan fingerprint density at radius 1 is 1.50 bits per heavy atom. The van der Waals surface area contributed by atoms with E-state index in [0.717, 1.165) is 0 Å². The summed E-state index contributed by atoms with van der Waals surface area (Å²) in [6, 6.07) is 4.32. The van der Waals surface area contributed by atoms with E-state index in [0.29, 0.717) is 17.7 Å². The Kier molecular flexibility index (Phi) is 2.65. The predicted molar refractivity (Wildman–Crippen MR) is 48.0 cm³/mol. The smallest absolute Gasteiger partial charge is 0.130 e. The van der Waals surface area contributed by atoms with Crippen molar-refractivity contribution >= 4 is 5.69 Å². The first-order valence-corrected chi connectivity index (χ1v) is 3.96. The molecule has 0 fully saturated rings. The molecular weight excluding hydrogens is 155 g/mol. The lowest BCUT2D eigenvalue weighted by atomic mass is 10.0. The van der Waals surface area contributed by atoms with Gasteiger partial charge in [-0.15, -0.1) is 0 Å². The topological polar surface area (TPSA) is 52.0 Å². The molecule has 0 saturated heterocycles. The average molecular weight is 168 g/mol. The molecule has 0 spiro atoms. The van der Waals surface area contributed by atoms with Crippen LogP contribution in [0.5, 0.6) is 0 Å². The van der Waals surface area contributed by atoms with E-state index in [2.05, 4.69) is 0 Å². The van der Waals surface area contributed by atoms with Crippen molar-refractivity contribution in [2.45, 2.75) is 19.4 Å². The number of benzene rings is 1. The Morgan fingerprint density at radius 2 is 2.17 bits per heavy atom. The summed E-state index contributed by atoms with van der Waals surface area (Å²) < 4.78 is 13.1. The highest BCUT2D eigenvalue weighted by molar-refractivity contribution is 5.48. The molecule has 0 heterocycles. The molecule has 0 amide bonds. The first kappa shape index (κ1) is 9.00. The van der Waals surface area contributed by atoms with Crippen LogP contribution < -0.4 is 11.5 Å². The number of hydrogen-bond acceptors (Lipinski definition) is 2. The maximum absolute atomic E-state index is 13.1. The summed E-state index contributed by atoms with van der Waals surface area (Å²) in [6.07, 6.45) is 0.686. The quantitative estimate of drug-likeness (QED) is 0.662. The molecule has 0 aromatic heterocycles. The van der Waals surface area contributed by atoms with Crippen LogP contribution in [0.25, 0.3) is 0 Å². The summed E-state index contributed by atoms with van der Waals surface area (Å²) in [5.41, 5.74) is 12.1. The molecule has 0 bridgehead atoms. The summed E-state index contributed by atoms with van der Waals surface area (Å²) in [7, 11) is 0. The van der Waals surface area contributed by atoms with Gasteiger partial charge < -0.3 is 11.5 Å². The number of hydrogen-bond donors (Lipinski definition) is 2. The van der Waals surface area contributed by atoms with Gasteiger partial charge in [0.15, 0.2) is 0 Å². The fraction of sp³-hybridized carbons (Fsp3) is 0.333. The molecule has 1 rings (SSSR count). The molecule has 1 unspecified atom stereocenters. The summed E-state index contributed by atoms with van der Waals surface area (Å²) in [6.45, 7) is 1.90. The van der Waals surface area contributed by atoms with Crippen LogP contribution in [0.1, 0.15) is 24.9 Å². The summed E-state index contributed by atoms with van der Waals surface area (Å²) in [5, 5.41) is 0. The number of rotatable bonds is 2. The fourth-order valence-electron chi connectivity index (χ4n) is 1.15. The third kappa shape index (κ3) is 1.56. The highest BCUT2D eigenvalue weighted by Gasteiger charge is 2.11. The Balaban J connectivity index is 3.12. The lowest BCUT2D eigenvalue weighted by molar-refractivity contribution is 0.577. The summed E-state index contributed by atoms with van der Waals surface area (Å²) in [4.78, 5) is 0. The van der Waals surface area contributed by atoms with Crippen LogP contribution in [0.3, 0.4) is 0 Å². The molecule has 1 atom stereocenters. The van der Waals surface area contributed by atoms with Crippen molar-refractivity contribution in [3.05, 3.63) is 29.6 Å². The van der Waals surface area contributed by atoms with Gasteiger partial charge in [-0.2, -0.15) is 0 Å². The molecule has 2 nitrogen and oxygen atoms in total. The molecule has 12 heavy (non-hydrogen) atoms. The van der Waals surface area contributed by atoms with Gasteiger partial charge in [0.2, 0.25) is 0 Å². The molecule has 0 aliphatic carbocycles. The Hall–Kier alpha value is -1.09. The Labute approximate surface area is 71.4 Å². The predicted octanol–water partition coefficient (Wildman–Crippen LogP) is 1.82. The number of anilines is 1. The minimum Gasteiger partial charge on any atom is -0.398 e. The first-order chi connectivity index (χ1) is 5.66. The van der Waals surface area contributed by atoms with Crippen molar-refractivity contribution < 1.29 is 4.39 Å². The maximum Gasteiger partial charge on any atom is 0.130 e. The standard InChI is InChI=1S/C9H13FN2/c1-2-7(11)9-6(10)4-3-5-8(9)12/h3-5,7H,2,11-12H2,1H3. The molecule has 66 valence electrons. The second kappa shape index (κ2) is 3.54. The molecule has 1 aromatic carbocycles. The van der Waals surface area contributed by atoms with Crippen LogP contribution in [0.4, 0.5) is 10.1 Å². The van der Waals surface area contributed by atoms with E-state index >= 15 is 0 Å². The number of nitrogen functional groups attached to an aromatic ring is 1. The van der Waals surface area contributed by atoms with E-state index in [1.54, 1.807) is 12.1 Å². The summed E-state index contributed by atoms with van der Waals surface area (Å²) >= 11 is 0. The van der Waals surface area contributed by atoms with Crippen LogP contribution >= 0.6 is 0 Å². The molecular formula is C9H13FN2. The Morgan fingerprint density at radius 3 is 2.67 bits per heavy atom. The van der Waals surface area contributed by atoms with Crippen molar-refractivity contribution in [3.8, 4) is 0 Å². The van der Waals surface area contributed by atoms with E-state index in [-0.39, 0.29) is 11.9 Å². The van der Waals surface area contributed by atoms with Gasteiger partial charge in [-0.05, 0) is 18.6 Å². The van der Waals surface area contributed by atoms with E-state index < -0.39 is 0 Å². The van der Waals surface area contributed by atoms with Crippen LogP contribution in [-0.2, 0) is 0 Å². The highest BCUT2D eigenvalue weighted by Crippen LogP contribution is 2.23. The zero-order chi connectivity index (χ0) is 9.14. The van der Waals surface area contributed by atoms with E-state index in [4.69, 9.17) is 11.5 Å². The maximum atomic E-state index is 13.1. The number of nitrogens with two attached hydrogens (primary N) is 2. The minimum absolute atomic E-state index is 0.300. The number of halogens is 1. The highest BCUT2D eigenvalue weighted by atomic mass is 19.1. The van der Waals surface area contributed by atoms with Crippen molar-refractivity contribution in [2.75, 3.05) is 5.73 Å². The van der Waals surface area contributed by atoms with E-state index in [1.807, 2.05) is 6.92 Å². The zero-order valence-corrected chi connectivity index (χ0v) is 7.05. The molecule has 0 aliphatic heterocycles. The van der Waals surface area contributed by atoms with Gasteiger partial charge in [0.05, 0.1) is 0 Å². The minimum atomic E-state index is -0.315.